The topological polar surface area (TPSA) is 69.6 Å². The maximum Gasteiger partial charge on any atom is 0.221 e. The van der Waals surface area contributed by atoms with E-state index < -0.39 is 0 Å². The van der Waals surface area contributed by atoms with E-state index in [1.54, 1.807) is 0 Å². The number of aromatic nitrogens is 4. The van der Waals surface area contributed by atoms with E-state index in [1.807, 2.05) is 24.7 Å². The Morgan fingerprint density at radius 3 is 2.76 bits per heavy atom. The van der Waals surface area contributed by atoms with Gasteiger partial charge in [0.15, 0.2) is 0 Å². The van der Waals surface area contributed by atoms with Gasteiger partial charge in [0.05, 0.1) is 11.7 Å². The largest absolute Gasteiger partial charge is 0.368 e. The number of rotatable bonds is 1. The van der Waals surface area contributed by atoms with E-state index in [0.717, 1.165) is 22.5 Å². The fraction of sp³-hybridized carbons (Fsp3) is 0.438. The summed E-state index contributed by atoms with van der Waals surface area (Å²) in [6, 6.07) is 2.53. The molecule has 0 amide bonds. The lowest BCUT2D eigenvalue weighted by atomic mass is 9.87. The van der Waals surface area contributed by atoms with Gasteiger partial charge in [-0.15, -0.1) is 0 Å². The Bertz CT molecular complexity index is 799. The Hall–Kier alpha value is -2.17. The third kappa shape index (κ3) is 1.95. The van der Waals surface area contributed by atoms with Crippen LogP contribution in [0.25, 0.3) is 21.9 Å². The lowest BCUT2D eigenvalue weighted by Crippen LogP contribution is -2.17. The van der Waals surface area contributed by atoms with Crippen molar-refractivity contribution in [3.63, 3.8) is 0 Å². The molecule has 1 saturated carbocycles. The van der Waals surface area contributed by atoms with Crippen LogP contribution >= 0.6 is 0 Å². The first-order valence-corrected chi connectivity index (χ1v) is 7.60. The van der Waals surface area contributed by atoms with Gasteiger partial charge in [-0.3, -0.25) is 4.98 Å². The molecule has 0 bridgehead atoms. The highest BCUT2D eigenvalue weighted by Gasteiger charge is 2.24. The summed E-state index contributed by atoms with van der Waals surface area (Å²) in [4.78, 5) is 13.0. The predicted octanol–water partition coefficient (Wildman–Crippen LogP) is 3.31. The normalized spacial score (nSPS) is 22.9. The van der Waals surface area contributed by atoms with Crippen molar-refractivity contribution in [3.8, 4) is 0 Å². The van der Waals surface area contributed by atoms with Gasteiger partial charge in [0.25, 0.3) is 0 Å². The summed E-state index contributed by atoms with van der Waals surface area (Å²) in [6.45, 7) is 2.34. The molecule has 1 aliphatic carbocycles. The molecule has 0 spiro atoms. The van der Waals surface area contributed by atoms with Crippen LogP contribution in [0.2, 0.25) is 0 Å². The minimum absolute atomic E-state index is 0.337. The van der Waals surface area contributed by atoms with Crippen LogP contribution in [0.3, 0.4) is 0 Å². The van der Waals surface area contributed by atoms with Crippen LogP contribution in [0.1, 0.15) is 38.6 Å². The Morgan fingerprint density at radius 1 is 1.14 bits per heavy atom. The molecule has 1 fully saturated rings. The van der Waals surface area contributed by atoms with E-state index in [-0.39, 0.29) is 0 Å². The van der Waals surface area contributed by atoms with E-state index in [9.17, 15) is 0 Å². The zero-order chi connectivity index (χ0) is 14.4. The number of fused-ring (bicyclic) bond motifs is 3. The highest BCUT2D eigenvalue weighted by atomic mass is 15.1. The second-order valence-electron chi connectivity index (χ2n) is 6.14. The number of hydrogen-bond donors (Lipinski definition) is 1. The monoisotopic (exact) mass is 281 g/mol. The third-order valence-electron chi connectivity index (χ3n) is 4.72. The Kier molecular flexibility index (Phi) is 2.80. The summed E-state index contributed by atoms with van der Waals surface area (Å²) in [6.07, 6.45) is 10.5. The summed E-state index contributed by atoms with van der Waals surface area (Å²) in [7, 11) is 0. The smallest absolute Gasteiger partial charge is 0.221 e. The quantitative estimate of drug-likeness (QED) is 0.743. The van der Waals surface area contributed by atoms with Crippen molar-refractivity contribution in [2.75, 3.05) is 5.73 Å². The zero-order valence-corrected chi connectivity index (χ0v) is 12.2. The molecule has 5 nitrogen and oxygen atoms in total. The fourth-order valence-corrected chi connectivity index (χ4v) is 3.55. The molecule has 4 rings (SSSR count). The lowest BCUT2D eigenvalue weighted by molar-refractivity contribution is 0.298. The van der Waals surface area contributed by atoms with Gasteiger partial charge in [0.2, 0.25) is 5.95 Å². The van der Waals surface area contributed by atoms with Crippen LogP contribution in [0, 0.1) is 5.92 Å². The number of pyridine rings is 1. The van der Waals surface area contributed by atoms with Crippen molar-refractivity contribution in [3.05, 3.63) is 24.7 Å². The average molecular weight is 281 g/mol. The van der Waals surface area contributed by atoms with Crippen LogP contribution < -0.4 is 5.73 Å². The van der Waals surface area contributed by atoms with Gasteiger partial charge < -0.3 is 10.3 Å². The number of nitrogens with two attached hydrogens (primary N) is 1. The van der Waals surface area contributed by atoms with Crippen LogP contribution in [-0.2, 0) is 0 Å². The SMILES string of the molecule is CC1CCC(n2c3cnccc3c3cnc(N)nc32)CC1. The second kappa shape index (κ2) is 4.69. The summed E-state index contributed by atoms with van der Waals surface area (Å²) in [5.74, 6) is 1.16. The van der Waals surface area contributed by atoms with Crippen molar-refractivity contribution >= 4 is 27.9 Å². The molecule has 0 saturated heterocycles. The molecule has 5 heteroatoms. The molecular formula is C16H19N5. The number of nitrogen functional groups attached to an aromatic ring is 1. The first kappa shape index (κ1) is 12.6. The van der Waals surface area contributed by atoms with Crippen LogP contribution in [0.4, 0.5) is 5.95 Å². The van der Waals surface area contributed by atoms with E-state index in [2.05, 4.69) is 26.4 Å². The molecule has 3 heterocycles. The molecule has 0 aliphatic heterocycles. The van der Waals surface area contributed by atoms with Gasteiger partial charge in [-0.2, -0.15) is 4.98 Å². The molecule has 2 N–H and O–H groups in total. The van der Waals surface area contributed by atoms with Gasteiger partial charge in [-0.25, -0.2) is 4.98 Å². The highest BCUT2D eigenvalue weighted by molar-refractivity contribution is 6.06. The van der Waals surface area contributed by atoms with Crippen molar-refractivity contribution in [1.82, 2.24) is 19.5 Å². The van der Waals surface area contributed by atoms with Crippen LogP contribution in [-0.4, -0.2) is 19.5 Å². The molecule has 3 aromatic heterocycles. The Morgan fingerprint density at radius 2 is 1.95 bits per heavy atom. The van der Waals surface area contributed by atoms with Gasteiger partial charge in [-0.1, -0.05) is 6.92 Å². The summed E-state index contributed by atoms with van der Waals surface area (Å²) in [5.41, 5.74) is 7.91. The van der Waals surface area contributed by atoms with Gasteiger partial charge >= 0.3 is 0 Å². The molecule has 21 heavy (non-hydrogen) atoms. The molecule has 0 unspecified atom stereocenters. The third-order valence-corrected chi connectivity index (χ3v) is 4.72. The number of hydrogen-bond acceptors (Lipinski definition) is 4. The van der Waals surface area contributed by atoms with E-state index in [4.69, 9.17) is 5.73 Å². The molecular weight excluding hydrogens is 262 g/mol. The molecule has 108 valence electrons. The maximum atomic E-state index is 5.82. The molecule has 3 aromatic rings. The van der Waals surface area contributed by atoms with Crippen molar-refractivity contribution in [2.45, 2.75) is 38.6 Å². The molecule has 1 aliphatic rings. The van der Waals surface area contributed by atoms with E-state index in [1.165, 1.54) is 31.1 Å². The second-order valence-corrected chi connectivity index (χ2v) is 6.14. The first-order valence-electron chi connectivity index (χ1n) is 7.60. The van der Waals surface area contributed by atoms with Crippen LogP contribution in [0.15, 0.2) is 24.7 Å². The van der Waals surface area contributed by atoms with E-state index >= 15 is 0 Å². The van der Waals surface area contributed by atoms with Crippen molar-refractivity contribution < 1.29 is 0 Å². The van der Waals surface area contributed by atoms with Crippen molar-refractivity contribution in [2.24, 2.45) is 5.92 Å². The minimum Gasteiger partial charge on any atom is -0.368 e. The molecule has 0 radical (unpaired) electrons. The number of anilines is 1. The van der Waals surface area contributed by atoms with E-state index in [0.29, 0.717) is 12.0 Å². The summed E-state index contributed by atoms with van der Waals surface area (Å²) >= 11 is 0. The predicted molar refractivity (Wildman–Crippen MR) is 83.9 cm³/mol. The summed E-state index contributed by atoms with van der Waals surface area (Å²) < 4.78 is 2.33. The first-order chi connectivity index (χ1) is 10.2. The van der Waals surface area contributed by atoms with Gasteiger partial charge in [0, 0.05) is 29.2 Å². The Balaban J connectivity index is 1.98. The molecule has 0 aromatic carbocycles. The minimum atomic E-state index is 0.337. The summed E-state index contributed by atoms with van der Waals surface area (Å²) in [5, 5.41) is 2.24. The zero-order valence-electron chi connectivity index (χ0n) is 12.2. The highest BCUT2D eigenvalue weighted by Crippen LogP contribution is 2.37. The average Bonchev–Trinajstić information content (AvgIpc) is 2.82. The van der Waals surface area contributed by atoms with Gasteiger partial charge in [0.1, 0.15) is 5.65 Å². The Labute approximate surface area is 123 Å². The molecule has 0 atom stereocenters. The van der Waals surface area contributed by atoms with Gasteiger partial charge in [-0.05, 0) is 37.7 Å². The number of nitrogens with zero attached hydrogens (tertiary/aromatic N) is 4. The standard InChI is InChI=1S/C16H19N5/c1-10-2-4-11(5-3-10)21-14-9-18-7-6-12(14)13-8-19-16(17)20-15(13)21/h6-11H,2-5H2,1H3,(H2,17,19,20). The maximum absolute atomic E-state index is 5.82. The van der Waals surface area contributed by atoms with Crippen molar-refractivity contribution in [1.29, 1.82) is 0 Å². The van der Waals surface area contributed by atoms with Crippen LogP contribution in [0.5, 0.6) is 0 Å². The lowest BCUT2D eigenvalue weighted by Gasteiger charge is -2.28. The fourth-order valence-electron chi connectivity index (χ4n) is 3.55.